The first-order valence-electron chi connectivity index (χ1n) is 7.96. The van der Waals surface area contributed by atoms with Crippen LogP contribution in [-0.2, 0) is 4.79 Å². The molecule has 0 bridgehead atoms. The molecule has 25 heavy (non-hydrogen) atoms. The summed E-state index contributed by atoms with van der Waals surface area (Å²) in [4.78, 5) is 35.6. The van der Waals surface area contributed by atoms with E-state index in [9.17, 15) is 9.59 Å². The number of hydrogen-bond donors (Lipinski definition) is 3. The Morgan fingerprint density at radius 1 is 1.16 bits per heavy atom. The van der Waals surface area contributed by atoms with Crippen LogP contribution < -0.4 is 11.1 Å². The lowest BCUT2D eigenvalue weighted by Gasteiger charge is -2.18. The van der Waals surface area contributed by atoms with Crippen LogP contribution in [0.25, 0.3) is 22.4 Å². The molecule has 1 atom stereocenters. The molecule has 3 rings (SSSR count). The summed E-state index contributed by atoms with van der Waals surface area (Å²) in [7, 11) is 0. The fourth-order valence-electron chi connectivity index (χ4n) is 2.59. The normalized spacial score (nSPS) is 12.3. The van der Waals surface area contributed by atoms with Crippen LogP contribution in [-0.4, -0.2) is 32.8 Å². The number of carbonyl (C=O) groups excluding carboxylic acids is 2. The molecule has 0 saturated carbocycles. The smallest absolute Gasteiger partial charge is 0.252 e. The second kappa shape index (κ2) is 6.72. The number of fused-ring (bicyclic) bond motifs is 1. The number of nitrogens with one attached hydrogen (secondary N) is 2. The lowest BCUT2D eigenvalue weighted by atomic mass is 10.0. The van der Waals surface area contributed by atoms with Crippen molar-refractivity contribution in [1.82, 2.24) is 20.3 Å². The van der Waals surface area contributed by atoms with Gasteiger partial charge in [0.15, 0.2) is 0 Å². The first-order chi connectivity index (χ1) is 12.0. The van der Waals surface area contributed by atoms with E-state index in [1.807, 2.05) is 26.0 Å². The van der Waals surface area contributed by atoms with E-state index in [0.29, 0.717) is 11.4 Å². The summed E-state index contributed by atoms with van der Waals surface area (Å²) in [6.07, 6.45) is 3.38. The Bertz CT molecular complexity index is 918. The third kappa shape index (κ3) is 3.50. The molecule has 0 aliphatic rings. The SMILES string of the molecule is CC(C)[C@H](NC(=O)c1ccc2nc(-c3ccncc3)[nH]c2c1)C(N)=O. The zero-order chi connectivity index (χ0) is 18.0. The third-order valence-electron chi connectivity index (χ3n) is 3.96. The zero-order valence-corrected chi connectivity index (χ0v) is 14.0. The maximum Gasteiger partial charge on any atom is 0.252 e. The highest BCUT2D eigenvalue weighted by Crippen LogP contribution is 2.20. The summed E-state index contributed by atoms with van der Waals surface area (Å²) in [6, 6.07) is 8.14. The van der Waals surface area contributed by atoms with Crippen LogP contribution in [0.4, 0.5) is 0 Å². The van der Waals surface area contributed by atoms with Crippen LogP contribution in [0.3, 0.4) is 0 Å². The maximum atomic E-state index is 12.4. The van der Waals surface area contributed by atoms with Crippen LogP contribution in [0.1, 0.15) is 24.2 Å². The largest absolute Gasteiger partial charge is 0.368 e. The van der Waals surface area contributed by atoms with Crippen LogP contribution in [0, 0.1) is 5.92 Å². The molecule has 0 unspecified atom stereocenters. The van der Waals surface area contributed by atoms with Crippen LogP contribution in [0.5, 0.6) is 0 Å². The molecule has 0 aliphatic heterocycles. The van der Waals surface area contributed by atoms with Crippen molar-refractivity contribution < 1.29 is 9.59 Å². The van der Waals surface area contributed by atoms with Crippen molar-refractivity contribution in [2.24, 2.45) is 11.7 Å². The summed E-state index contributed by atoms with van der Waals surface area (Å²) < 4.78 is 0. The molecule has 0 spiro atoms. The molecule has 1 aromatic carbocycles. The number of amides is 2. The van der Waals surface area contributed by atoms with Gasteiger partial charge in [0.1, 0.15) is 11.9 Å². The molecule has 0 saturated heterocycles. The predicted octanol–water partition coefficient (Wildman–Crippen LogP) is 1.86. The minimum absolute atomic E-state index is 0.0874. The van der Waals surface area contributed by atoms with E-state index in [4.69, 9.17) is 5.73 Å². The van der Waals surface area contributed by atoms with Gasteiger partial charge in [-0.1, -0.05) is 13.8 Å². The number of imidazole rings is 1. The molecule has 7 nitrogen and oxygen atoms in total. The molecule has 0 fully saturated rings. The number of pyridine rings is 1. The number of carbonyl (C=O) groups is 2. The van der Waals surface area contributed by atoms with Crippen LogP contribution >= 0.6 is 0 Å². The number of benzene rings is 1. The molecule has 2 amide bonds. The van der Waals surface area contributed by atoms with Gasteiger partial charge in [0.2, 0.25) is 5.91 Å². The first-order valence-corrected chi connectivity index (χ1v) is 7.96. The van der Waals surface area contributed by atoms with Crippen molar-refractivity contribution in [2.45, 2.75) is 19.9 Å². The average molecular weight is 337 g/mol. The van der Waals surface area contributed by atoms with Crippen molar-refractivity contribution in [3.05, 3.63) is 48.3 Å². The summed E-state index contributed by atoms with van der Waals surface area (Å²) in [5.41, 5.74) is 8.17. The summed E-state index contributed by atoms with van der Waals surface area (Å²) in [5, 5.41) is 2.68. The van der Waals surface area contributed by atoms with Crippen LogP contribution in [0.15, 0.2) is 42.7 Å². The number of H-pyrrole nitrogens is 1. The van der Waals surface area contributed by atoms with Gasteiger partial charge in [-0.05, 0) is 36.2 Å². The second-order valence-electron chi connectivity index (χ2n) is 6.15. The molecule has 128 valence electrons. The van der Waals surface area contributed by atoms with Gasteiger partial charge in [0, 0.05) is 23.5 Å². The number of nitrogens with zero attached hydrogens (tertiary/aromatic N) is 2. The topological polar surface area (TPSA) is 114 Å². The summed E-state index contributed by atoms with van der Waals surface area (Å²) >= 11 is 0. The van der Waals surface area contributed by atoms with Gasteiger partial charge in [-0.3, -0.25) is 14.6 Å². The molecule has 0 aliphatic carbocycles. The van der Waals surface area contributed by atoms with Crippen molar-refractivity contribution >= 4 is 22.8 Å². The number of nitrogens with two attached hydrogens (primary N) is 1. The first kappa shape index (κ1) is 16.6. The van der Waals surface area contributed by atoms with E-state index < -0.39 is 11.9 Å². The highest BCUT2D eigenvalue weighted by Gasteiger charge is 2.22. The Labute approximate surface area is 144 Å². The number of primary amides is 1. The Morgan fingerprint density at radius 3 is 2.52 bits per heavy atom. The third-order valence-corrected chi connectivity index (χ3v) is 3.96. The standard InChI is InChI=1S/C18H19N5O2/c1-10(2)15(16(19)24)23-18(25)12-3-4-13-14(9-12)22-17(21-13)11-5-7-20-8-6-11/h3-10,15H,1-2H3,(H2,19,24)(H,21,22)(H,23,25)/t15-/m0/s1. The Hall–Kier alpha value is -3.22. The molecule has 2 heterocycles. The number of rotatable bonds is 5. The van der Waals surface area contributed by atoms with E-state index in [0.717, 1.165) is 16.6 Å². The molecule has 3 aromatic rings. The molecule has 7 heteroatoms. The van der Waals surface area contributed by atoms with E-state index in [1.54, 1.807) is 30.6 Å². The predicted molar refractivity (Wildman–Crippen MR) is 94.6 cm³/mol. The highest BCUT2D eigenvalue weighted by atomic mass is 16.2. The summed E-state index contributed by atoms with van der Waals surface area (Å²) in [6.45, 7) is 3.66. The molecule has 0 radical (unpaired) electrons. The van der Waals surface area contributed by atoms with Crippen LogP contribution in [0.2, 0.25) is 0 Å². The lowest BCUT2D eigenvalue weighted by molar-refractivity contribution is -0.120. The van der Waals surface area contributed by atoms with Gasteiger partial charge in [-0.25, -0.2) is 4.98 Å². The fraction of sp³-hybridized carbons (Fsp3) is 0.222. The Morgan fingerprint density at radius 2 is 1.88 bits per heavy atom. The fourth-order valence-corrected chi connectivity index (χ4v) is 2.59. The lowest BCUT2D eigenvalue weighted by Crippen LogP contribution is -2.47. The molecular weight excluding hydrogens is 318 g/mol. The Balaban J connectivity index is 1.88. The van der Waals surface area contributed by atoms with Gasteiger partial charge in [-0.2, -0.15) is 0 Å². The van der Waals surface area contributed by atoms with Crippen molar-refractivity contribution in [3.8, 4) is 11.4 Å². The van der Waals surface area contributed by atoms with E-state index in [-0.39, 0.29) is 11.8 Å². The highest BCUT2D eigenvalue weighted by molar-refractivity contribution is 6.00. The monoisotopic (exact) mass is 337 g/mol. The number of hydrogen-bond acceptors (Lipinski definition) is 4. The number of aromatic nitrogens is 3. The van der Waals surface area contributed by atoms with E-state index >= 15 is 0 Å². The molecule has 4 N–H and O–H groups in total. The van der Waals surface area contributed by atoms with Gasteiger partial charge in [0.05, 0.1) is 11.0 Å². The van der Waals surface area contributed by atoms with E-state index in [1.165, 1.54) is 0 Å². The van der Waals surface area contributed by atoms with E-state index in [2.05, 4.69) is 20.3 Å². The van der Waals surface area contributed by atoms with Gasteiger partial charge in [-0.15, -0.1) is 0 Å². The molecule has 2 aromatic heterocycles. The Kier molecular flexibility index (Phi) is 4.47. The summed E-state index contributed by atoms with van der Waals surface area (Å²) in [5.74, 6) is -0.284. The van der Waals surface area contributed by atoms with Gasteiger partial charge >= 0.3 is 0 Å². The van der Waals surface area contributed by atoms with Gasteiger partial charge in [0.25, 0.3) is 5.91 Å². The minimum Gasteiger partial charge on any atom is -0.368 e. The molecular formula is C18H19N5O2. The van der Waals surface area contributed by atoms with Crippen molar-refractivity contribution in [1.29, 1.82) is 0 Å². The second-order valence-corrected chi connectivity index (χ2v) is 6.15. The average Bonchev–Trinajstić information content (AvgIpc) is 3.02. The van der Waals surface area contributed by atoms with Crippen molar-refractivity contribution in [3.63, 3.8) is 0 Å². The minimum atomic E-state index is -0.711. The van der Waals surface area contributed by atoms with Gasteiger partial charge < -0.3 is 16.0 Å². The quantitative estimate of drug-likeness (QED) is 0.659. The van der Waals surface area contributed by atoms with Crippen molar-refractivity contribution in [2.75, 3.05) is 0 Å². The number of aromatic amines is 1. The maximum absolute atomic E-state index is 12.4. The zero-order valence-electron chi connectivity index (χ0n) is 14.0.